The van der Waals surface area contributed by atoms with E-state index in [1.165, 1.54) is 25.9 Å². The van der Waals surface area contributed by atoms with Crippen molar-refractivity contribution in [1.82, 2.24) is 4.90 Å². The van der Waals surface area contributed by atoms with Crippen LogP contribution < -0.4 is 10.1 Å². The molecule has 0 radical (unpaired) electrons. The fourth-order valence-corrected chi connectivity index (χ4v) is 3.75. The molecule has 1 aliphatic rings. The average Bonchev–Trinajstić information content (AvgIpc) is 2.72. The molecule has 5 nitrogen and oxygen atoms in total. The van der Waals surface area contributed by atoms with Crippen molar-refractivity contribution in [3.63, 3.8) is 0 Å². The van der Waals surface area contributed by atoms with Gasteiger partial charge in [0.1, 0.15) is 11.4 Å². The second kappa shape index (κ2) is 12.2. The molecule has 0 spiro atoms. The highest BCUT2D eigenvalue weighted by molar-refractivity contribution is 5.97. The number of carbonyl (C=O) groups excluding carboxylic acids is 1. The number of piperidine rings is 1. The summed E-state index contributed by atoms with van der Waals surface area (Å²) in [4.78, 5) is 15.3. The van der Waals surface area contributed by atoms with Crippen LogP contribution in [-0.2, 0) is 9.53 Å². The molecule has 5 heteroatoms. The van der Waals surface area contributed by atoms with Crippen LogP contribution in [0.3, 0.4) is 0 Å². The molecule has 164 valence electrons. The van der Waals surface area contributed by atoms with E-state index in [1.807, 2.05) is 38.1 Å². The van der Waals surface area contributed by atoms with Gasteiger partial charge in [-0.2, -0.15) is 0 Å². The average molecular weight is 405 g/mol. The standard InChI is InChI=1S/C24H40N2O3/c1-5-7-15-24(4,29-6-2)23(27)25-21-9-11-22(12-10-21)28-19-8-16-26-17-13-20(3)14-18-26/h9-12,20H,5-8,13-19H2,1-4H3,(H,25,27)/t24-/m0/s1. The number of hydrogen-bond donors (Lipinski definition) is 1. The molecule has 0 aliphatic carbocycles. The first kappa shape index (κ1) is 23.7. The van der Waals surface area contributed by atoms with Crippen molar-refractivity contribution in [1.29, 1.82) is 0 Å². The molecule has 1 aromatic rings. The SMILES string of the molecule is CCCC[C@](C)(OCC)C(=O)Nc1ccc(OCCCN2CCC(C)CC2)cc1. The van der Waals surface area contributed by atoms with Gasteiger partial charge in [0.05, 0.1) is 6.61 Å². The first-order chi connectivity index (χ1) is 14.0. The maximum Gasteiger partial charge on any atom is 0.256 e. The lowest BCUT2D eigenvalue weighted by Gasteiger charge is -2.30. The van der Waals surface area contributed by atoms with Crippen LogP contribution in [0.4, 0.5) is 5.69 Å². The molecule has 1 atom stereocenters. The van der Waals surface area contributed by atoms with Crippen LogP contribution in [0.25, 0.3) is 0 Å². The second-order valence-electron chi connectivity index (χ2n) is 8.47. The minimum atomic E-state index is -0.786. The molecule has 1 amide bonds. The van der Waals surface area contributed by atoms with Crippen LogP contribution in [0.2, 0.25) is 0 Å². The molecule has 2 rings (SSSR count). The number of nitrogens with one attached hydrogen (secondary N) is 1. The maximum absolute atomic E-state index is 12.7. The second-order valence-corrected chi connectivity index (χ2v) is 8.47. The predicted molar refractivity (Wildman–Crippen MR) is 120 cm³/mol. The molecule has 29 heavy (non-hydrogen) atoms. The highest BCUT2D eigenvalue weighted by Crippen LogP contribution is 2.23. The number of benzene rings is 1. The molecule has 1 fully saturated rings. The molecule has 1 aliphatic heterocycles. The van der Waals surface area contributed by atoms with Crippen LogP contribution in [0.5, 0.6) is 5.75 Å². The van der Waals surface area contributed by atoms with Crippen LogP contribution in [0, 0.1) is 5.92 Å². The zero-order valence-electron chi connectivity index (χ0n) is 18.8. The Kier molecular flexibility index (Phi) is 9.95. The Hall–Kier alpha value is -1.59. The van der Waals surface area contributed by atoms with Crippen molar-refractivity contribution < 1.29 is 14.3 Å². The Morgan fingerprint density at radius 3 is 2.48 bits per heavy atom. The number of unbranched alkanes of at least 4 members (excludes halogenated alkanes) is 1. The summed E-state index contributed by atoms with van der Waals surface area (Å²) in [6.45, 7) is 13.0. The van der Waals surface area contributed by atoms with Gasteiger partial charge in [-0.1, -0.05) is 26.7 Å². The van der Waals surface area contributed by atoms with Crippen LogP contribution in [0.15, 0.2) is 24.3 Å². The molecule has 1 heterocycles. The predicted octanol–water partition coefficient (Wildman–Crippen LogP) is 5.11. The summed E-state index contributed by atoms with van der Waals surface area (Å²) in [5, 5.41) is 2.99. The highest BCUT2D eigenvalue weighted by atomic mass is 16.5. The van der Waals surface area contributed by atoms with Crippen LogP contribution in [0.1, 0.15) is 66.2 Å². The third-order valence-corrected chi connectivity index (χ3v) is 5.83. The first-order valence-corrected chi connectivity index (χ1v) is 11.4. The third kappa shape index (κ3) is 7.98. The van der Waals surface area contributed by atoms with Gasteiger partial charge in [0.2, 0.25) is 0 Å². The fourth-order valence-electron chi connectivity index (χ4n) is 3.75. The quantitative estimate of drug-likeness (QED) is 0.492. The summed E-state index contributed by atoms with van der Waals surface area (Å²) in [6.07, 6.45) is 6.40. The monoisotopic (exact) mass is 404 g/mol. The summed E-state index contributed by atoms with van der Waals surface area (Å²) in [7, 11) is 0. The van der Waals surface area contributed by atoms with E-state index in [0.717, 1.165) is 56.2 Å². The number of hydrogen-bond acceptors (Lipinski definition) is 4. The van der Waals surface area contributed by atoms with Gasteiger partial charge in [-0.15, -0.1) is 0 Å². The lowest BCUT2D eigenvalue weighted by Crippen LogP contribution is -2.42. The van der Waals surface area contributed by atoms with Crippen molar-refractivity contribution in [2.75, 3.05) is 38.2 Å². The van der Waals surface area contributed by atoms with Gasteiger partial charge >= 0.3 is 0 Å². The Morgan fingerprint density at radius 1 is 1.17 bits per heavy atom. The Balaban J connectivity index is 1.75. The topological polar surface area (TPSA) is 50.8 Å². The molecule has 1 N–H and O–H groups in total. The number of nitrogens with zero attached hydrogens (tertiary/aromatic N) is 1. The molecule has 1 saturated heterocycles. The Labute approximate surface area is 177 Å². The van der Waals surface area contributed by atoms with Crippen molar-refractivity contribution >= 4 is 11.6 Å². The van der Waals surface area contributed by atoms with Crippen molar-refractivity contribution in [3.8, 4) is 5.75 Å². The van der Waals surface area contributed by atoms with E-state index in [0.29, 0.717) is 6.61 Å². The van der Waals surface area contributed by atoms with E-state index in [2.05, 4.69) is 24.1 Å². The van der Waals surface area contributed by atoms with Gasteiger partial charge < -0.3 is 19.7 Å². The molecule has 0 unspecified atom stereocenters. The molecule has 0 bridgehead atoms. The summed E-state index contributed by atoms with van der Waals surface area (Å²) >= 11 is 0. The largest absolute Gasteiger partial charge is 0.494 e. The minimum absolute atomic E-state index is 0.0858. The van der Waals surface area contributed by atoms with Gasteiger partial charge in [0, 0.05) is 18.8 Å². The van der Waals surface area contributed by atoms with E-state index in [4.69, 9.17) is 9.47 Å². The summed E-state index contributed by atoms with van der Waals surface area (Å²) in [5.74, 6) is 1.63. The van der Waals surface area contributed by atoms with Crippen LogP contribution >= 0.6 is 0 Å². The summed E-state index contributed by atoms with van der Waals surface area (Å²) in [6, 6.07) is 7.63. The molecule has 0 aromatic heterocycles. The van der Waals surface area contributed by atoms with Crippen molar-refractivity contribution in [2.45, 2.75) is 71.8 Å². The van der Waals surface area contributed by atoms with Gasteiger partial charge in [-0.25, -0.2) is 0 Å². The van der Waals surface area contributed by atoms with E-state index in [-0.39, 0.29) is 5.91 Å². The van der Waals surface area contributed by atoms with Gasteiger partial charge in [-0.3, -0.25) is 4.79 Å². The number of rotatable bonds is 12. The lowest BCUT2D eigenvalue weighted by atomic mass is 9.97. The van der Waals surface area contributed by atoms with Gasteiger partial charge in [0.15, 0.2) is 0 Å². The van der Waals surface area contributed by atoms with Gasteiger partial charge in [0.25, 0.3) is 5.91 Å². The Morgan fingerprint density at radius 2 is 1.86 bits per heavy atom. The third-order valence-electron chi connectivity index (χ3n) is 5.83. The normalized spacial score (nSPS) is 17.7. The number of amides is 1. The zero-order valence-corrected chi connectivity index (χ0v) is 18.8. The smallest absolute Gasteiger partial charge is 0.256 e. The number of carbonyl (C=O) groups is 1. The molecular formula is C24H40N2O3. The first-order valence-electron chi connectivity index (χ1n) is 11.4. The Bertz CT molecular complexity index is 597. The molecule has 0 saturated carbocycles. The highest BCUT2D eigenvalue weighted by Gasteiger charge is 2.33. The van der Waals surface area contributed by atoms with E-state index in [9.17, 15) is 4.79 Å². The van der Waals surface area contributed by atoms with E-state index in [1.54, 1.807) is 0 Å². The summed E-state index contributed by atoms with van der Waals surface area (Å²) < 4.78 is 11.6. The lowest BCUT2D eigenvalue weighted by molar-refractivity contribution is -0.139. The molecular weight excluding hydrogens is 364 g/mol. The number of anilines is 1. The van der Waals surface area contributed by atoms with Crippen molar-refractivity contribution in [3.05, 3.63) is 24.3 Å². The number of ether oxygens (including phenoxy) is 2. The van der Waals surface area contributed by atoms with E-state index < -0.39 is 5.60 Å². The molecule has 1 aromatic carbocycles. The van der Waals surface area contributed by atoms with Crippen molar-refractivity contribution in [2.24, 2.45) is 5.92 Å². The fraction of sp³-hybridized carbons (Fsp3) is 0.708. The van der Waals surface area contributed by atoms with Gasteiger partial charge in [-0.05, 0) is 82.8 Å². The number of likely N-dealkylation sites (tertiary alicyclic amines) is 1. The minimum Gasteiger partial charge on any atom is -0.494 e. The summed E-state index contributed by atoms with van der Waals surface area (Å²) in [5.41, 5.74) is -0.0150. The zero-order chi connectivity index (χ0) is 21.1. The maximum atomic E-state index is 12.7. The van der Waals surface area contributed by atoms with Crippen LogP contribution in [-0.4, -0.2) is 49.3 Å². The van der Waals surface area contributed by atoms with E-state index >= 15 is 0 Å².